The Morgan fingerprint density at radius 1 is 1.21 bits per heavy atom. The third kappa shape index (κ3) is 4.36. The summed E-state index contributed by atoms with van der Waals surface area (Å²) in [6, 6.07) is 0.0940. The summed E-state index contributed by atoms with van der Waals surface area (Å²) < 4.78 is 56.7. The van der Waals surface area contributed by atoms with Crippen LogP contribution in [0.1, 0.15) is 13.3 Å². The van der Waals surface area contributed by atoms with E-state index in [0.717, 1.165) is 6.42 Å². The molecule has 0 heterocycles. The molecule has 1 aromatic carbocycles. The van der Waals surface area contributed by atoms with Crippen LogP contribution < -0.4 is 10.1 Å². The lowest BCUT2D eigenvalue weighted by molar-refractivity contribution is 0.100. The minimum atomic E-state index is -1.62. The molecule has 0 aliphatic carbocycles. The molecule has 0 spiro atoms. The van der Waals surface area contributed by atoms with Crippen LogP contribution in [0, 0.1) is 23.3 Å². The third-order valence-electron chi connectivity index (χ3n) is 2.30. The molecule has 0 saturated carbocycles. The standard InChI is InChI=1S/C12H15F4NO2/c1-2-3-17-5-7(18)6-19-12-10(15)8(13)4-9(14)11(12)16/h4,7,17-18H,2-3,5-6H2,1H3. The highest BCUT2D eigenvalue weighted by Gasteiger charge is 2.21. The van der Waals surface area contributed by atoms with Gasteiger partial charge in [-0.2, -0.15) is 8.78 Å². The molecule has 0 aliphatic rings. The second-order valence-electron chi connectivity index (χ2n) is 3.97. The zero-order valence-corrected chi connectivity index (χ0v) is 10.4. The van der Waals surface area contributed by atoms with E-state index in [1.54, 1.807) is 0 Å². The summed E-state index contributed by atoms with van der Waals surface area (Å²) >= 11 is 0. The van der Waals surface area contributed by atoms with Crippen molar-refractivity contribution in [1.29, 1.82) is 0 Å². The largest absolute Gasteiger partial charge is 0.485 e. The van der Waals surface area contributed by atoms with Gasteiger partial charge in [0.05, 0.1) is 0 Å². The summed E-state index contributed by atoms with van der Waals surface area (Å²) in [7, 11) is 0. The Morgan fingerprint density at radius 3 is 2.32 bits per heavy atom. The minimum Gasteiger partial charge on any atom is -0.485 e. The second-order valence-corrected chi connectivity index (χ2v) is 3.97. The molecule has 0 saturated heterocycles. The van der Waals surface area contributed by atoms with Crippen LogP contribution in [-0.4, -0.2) is 30.9 Å². The van der Waals surface area contributed by atoms with Crippen molar-refractivity contribution in [3.05, 3.63) is 29.3 Å². The van der Waals surface area contributed by atoms with Gasteiger partial charge in [0.2, 0.25) is 11.6 Å². The molecule has 0 amide bonds. The maximum absolute atomic E-state index is 13.2. The number of ether oxygens (including phenoxy) is 1. The van der Waals surface area contributed by atoms with Crippen molar-refractivity contribution in [3.63, 3.8) is 0 Å². The van der Waals surface area contributed by atoms with Gasteiger partial charge in [0.25, 0.3) is 0 Å². The summed E-state index contributed by atoms with van der Waals surface area (Å²) in [6.45, 7) is 2.26. The van der Waals surface area contributed by atoms with Crippen LogP contribution in [0.2, 0.25) is 0 Å². The zero-order chi connectivity index (χ0) is 14.4. The van der Waals surface area contributed by atoms with Crippen molar-refractivity contribution in [1.82, 2.24) is 5.32 Å². The van der Waals surface area contributed by atoms with Crippen LogP contribution in [0.4, 0.5) is 17.6 Å². The van der Waals surface area contributed by atoms with Gasteiger partial charge >= 0.3 is 0 Å². The Balaban J connectivity index is 2.62. The van der Waals surface area contributed by atoms with E-state index in [-0.39, 0.29) is 12.6 Å². The van der Waals surface area contributed by atoms with Crippen LogP contribution in [0.25, 0.3) is 0 Å². The predicted molar refractivity (Wildman–Crippen MR) is 60.9 cm³/mol. The highest BCUT2D eigenvalue weighted by atomic mass is 19.2. The first-order valence-electron chi connectivity index (χ1n) is 5.81. The molecule has 108 valence electrons. The molecule has 19 heavy (non-hydrogen) atoms. The lowest BCUT2D eigenvalue weighted by Gasteiger charge is -2.14. The van der Waals surface area contributed by atoms with Gasteiger partial charge in [-0.1, -0.05) is 6.92 Å². The van der Waals surface area contributed by atoms with Crippen LogP contribution in [0.15, 0.2) is 6.07 Å². The predicted octanol–water partition coefficient (Wildman–Crippen LogP) is 1.98. The molecule has 1 rings (SSSR count). The number of hydrogen-bond acceptors (Lipinski definition) is 3. The third-order valence-corrected chi connectivity index (χ3v) is 2.30. The van der Waals surface area contributed by atoms with E-state index in [1.807, 2.05) is 6.92 Å². The molecule has 1 unspecified atom stereocenters. The highest BCUT2D eigenvalue weighted by Crippen LogP contribution is 2.26. The fourth-order valence-corrected chi connectivity index (χ4v) is 1.36. The molecule has 0 aliphatic heterocycles. The van der Waals surface area contributed by atoms with Gasteiger partial charge in [-0.3, -0.25) is 0 Å². The van der Waals surface area contributed by atoms with Crippen molar-refractivity contribution in [2.75, 3.05) is 19.7 Å². The Kier molecular flexibility index (Phi) is 6.04. The molecule has 1 aromatic rings. The van der Waals surface area contributed by atoms with E-state index < -0.39 is 41.7 Å². The summed E-state index contributed by atoms with van der Waals surface area (Å²) in [4.78, 5) is 0. The number of hydrogen-bond donors (Lipinski definition) is 2. The Bertz CT molecular complexity index is 402. The van der Waals surface area contributed by atoms with Gasteiger partial charge in [0, 0.05) is 12.6 Å². The van der Waals surface area contributed by atoms with Gasteiger partial charge in [-0.05, 0) is 13.0 Å². The summed E-state index contributed by atoms with van der Waals surface area (Å²) in [5.41, 5.74) is 0. The number of nitrogens with one attached hydrogen (secondary N) is 1. The van der Waals surface area contributed by atoms with Gasteiger partial charge in [0.15, 0.2) is 17.4 Å². The van der Waals surface area contributed by atoms with Crippen LogP contribution in [0.5, 0.6) is 5.75 Å². The number of aliphatic hydroxyl groups is 1. The lowest BCUT2D eigenvalue weighted by Crippen LogP contribution is -2.32. The van der Waals surface area contributed by atoms with E-state index in [0.29, 0.717) is 6.54 Å². The van der Waals surface area contributed by atoms with Crippen molar-refractivity contribution >= 4 is 0 Å². The summed E-state index contributed by atoms with van der Waals surface area (Å²) in [6.07, 6.45) is -0.192. The van der Waals surface area contributed by atoms with E-state index >= 15 is 0 Å². The summed E-state index contributed by atoms with van der Waals surface area (Å²) in [5, 5.41) is 12.3. The van der Waals surface area contributed by atoms with Crippen molar-refractivity contribution in [3.8, 4) is 5.75 Å². The minimum absolute atomic E-state index is 0.0940. The van der Waals surface area contributed by atoms with Gasteiger partial charge in [-0.25, -0.2) is 8.78 Å². The van der Waals surface area contributed by atoms with Crippen LogP contribution >= 0.6 is 0 Å². The summed E-state index contributed by atoms with van der Waals surface area (Å²) in [5.74, 6) is -7.49. The normalized spacial score (nSPS) is 12.5. The SMILES string of the molecule is CCCNCC(O)COc1c(F)c(F)cc(F)c1F. The Morgan fingerprint density at radius 2 is 1.79 bits per heavy atom. The average Bonchev–Trinajstić information content (AvgIpc) is 2.37. The molecule has 0 aromatic heterocycles. The van der Waals surface area contributed by atoms with Crippen molar-refractivity contribution < 1.29 is 27.4 Å². The average molecular weight is 281 g/mol. The smallest absolute Gasteiger partial charge is 0.203 e. The van der Waals surface area contributed by atoms with Crippen LogP contribution in [-0.2, 0) is 0 Å². The van der Waals surface area contributed by atoms with Crippen molar-refractivity contribution in [2.24, 2.45) is 0 Å². The van der Waals surface area contributed by atoms with E-state index in [1.165, 1.54) is 0 Å². The number of halogens is 4. The quantitative estimate of drug-likeness (QED) is 0.456. The fraction of sp³-hybridized carbons (Fsp3) is 0.500. The first-order chi connectivity index (χ1) is 8.97. The monoisotopic (exact) mass is 281 g/mol. The number of aliphatic hydroxyl groups excluding tert-OH is 1. The molecule has 0 radical (unpaired) electrons. The Hall–Kier alpha value is -1.34. The van der Waals surface area contributed by atoms with Gasteiger partial charge < -0.3 is 15.2 Å². The molecule has 3 nitrogen and oxygen atoms in total. The molecule has 0 bridgehead atoms. The van der Waals surface area contributed by atoms with Gasteiger partial charge in [-0.15, -0.1) is 0 Å². The maximum Gasteiger partial charge on any atom is 0.203 e. The van der Waals surface area contributed by atoms with E-state index in [9.17, 15) is 22.7 Å². The highest BCUT2D eigenvalue weighted by molar-refractivity contribution is 5.28. The van der Waals surface area contributed by atoms with E-state index in [4.69, 9.17) is 0 Å². The lowest BCUT2D eigenvalue weighted by atomic mass is 10.3. The molecule has 2 N–H and O–H groups in total. The number of benzene rings is 1. The molecular formula is C12H15F4NO2. The topological polar surface area (TPSA) is 41.5 Å². The molecule has 0 fully saturated rings. The molecular weight excluding hydrogens is 266 g/mol. The molecule has 1 atom stereocenters. The second kappa shape index (κ2) is 7.30. The van der Waals surface area contributed by atoms with Crippen LogP contribution in [0.3, 0.4) is 0 Å². The molecule has 7 heteroatoms. The van der Waals surface area contributed by atoms with Gasteiger partial charge in [0.1, 0.15) is 12.7 Å². The fourth-order valence-electron chi connectivity index (χ4n) is 1.36. The first-order valence-corrected chi connectivity index (χ1v) is 5.81. The zero-order valence-electron chi connectivity index (χ0n) is 10.4. The Labute approximate surface area is 108 Å². The van der Waals surface area contributed by atoms with E-state index in [2.05, 4.69) is 10.1 Å². The first kappa shape index (κ1) is 15.7. The number of rotatable bonds is 7. The maximum atomic E-state index is 13.2. The van der Waals surface area contributed by atoms with Crippen molar-refractivity contribution in [2.45, 2.75) is 19.4 Å².